The molecule has 0 N–H and O–H groups in total. The van der Waals surface area contributed by atoms with Crippen molar-refractivity contribution in [3.63, 3.8) is 0 Å². The molecule has 2 heterocycles. The summed E-state index contributed by atoms with van der Waals surface area (Å²) in [6.07, 6.45) is 9.18. The van der Waals surface area contributed by atoms with Crippen LogP contribution in [-0.2, 0) is 4.74 Å². The maximum Gasteiger partial charge on any atom is 0.319 e. The summed E-state index contributed by atoms with van der Waals surface area (Å²) < 4.78 is 6.09. The first-order chi connectivity index (χ1) is 12.0. The minimum Gasteiger partial charge on any atom is -0.380 e. The van der Waals surface area contributed by atoms with Gasteiger partial charge in [0.05, 0.1) is 6.61 Å². The highest BCUT2D eigenvalue weighted by Crippen LogP contribution is 2.45. The van der Waals surface area contributed by atoms with E-state index in [1.165, 1.54) is 45.2 Å². The van der Waals surface area contributed by atoms with Crippen LogP contribution < -0.4 is 0 Å². The molecule has 4 fully saturated rings. The fraction of sp³-hybridized carbons (Fsp3) is 0.950. The highest BCUT2D eigenvalue weighted by atomic mass is 16.5. The molecule has 25 heavy (non-hydrogen) atoms. The Morgan fingerprint density at radius 2 is 1.76 bits per heavy atom. The molecule has 142 valence electrons. The summed E-state index contributed by atoms with van der Waals surface area (Å²) >= 11 is 0. The van der Waals surface area contributed by atoms with Gasteiger partial charge >= 0.3 is 6.03 Å². The van der Waals surface area contributed by atoms with E-state index in [0.29, 0.717) is 11.5 Å². The second kappa shape index (κ2) is 7.07. The van der Waals surface area contributed by atoms with Gasteiger partial charge in [-0.25, -0.2) is 4.79 Å². The average Bonchev–Trinajstić information content (AvgIpc) is 3.49. The fourth-order valence-electron chi connectivity index (χ4n) is 4.74. The maximum atomic E-state index is 12.2. The van der Waals surface area contributed by atoms with Crippen LogP contribution in [0, 0.1) is 17.3 Å². The molecule has 0 radical (unpaired) electrons. The summed E-state index contributed by atoms with van der Waals surface area (Å²) in [6.45, 7) is 6.25. The van der Waals surface area contributed by atoms with Crippen molar-refractivity contribution >= 4 is 6.03 Å². The molecule has 0 aromatic rings. The molecule has 2 aliphatic heterocycles. The molecule has 5 nitrogen and oxygen atoms in total. The van der Waals surface area contributed by atoms with Gasteiger partial charge in [0.25, 0.3) is 0 Å². The third-order valence-corrected chi connectivity index (χ3v) is 6.75. The zero-order valence-corrected chi connectivity index (χ0v) is 16.1. The van der Waals surface area contributed by atoms with E-state index in [1.807, 2.05) is 19.0 Å². The van der Waals surface area contributed by atoms with Crippen LogP contribution in [0.4, 0.5) is 4.79 Å². The molecule has 0 unspecified atom stereocenters. The van der Waals surface area contributed by atoms with E-state index in [9.17, 15) is 4.79 Å². The summed E-state index contributed by atoms with van der Waals surface area (Å²) in [5, 5.41) is 0. The minimum absolute atomic E-state index is 0.173. The second-order valence-electron chi connectivity index (χ2n) is 9.38. The number of amides is 2. The first-order valence-corrected chi connectivity index (χ1v) is 10.3. The van der Waals surface area contributed by atoms with Gasteiger partial charge in [0, 0.05) is 52.9 Å². The highest BCUT2D eigenvalue weighted by Gasteiger charge is 2.47. The van der Waals surface area contributed by atoms with E-state index in [1.54, 1.807) is 4.90 Å². The van der Waals surface area contributed by atoms with Gasteiger partial charge in [-0.05, 0) is 62.2 Å². The van der Waals surface area contributed by atoms with Crippen LogP contribution in [0.15, 0.2) is 0 Å². The SMILES string of the molecule is CN(C)C(=O)N1CCC2(CC1)C[C@@H](COCC1CC1)N(CC1CC1)C2. The average molecular weight is 350 g/mol. The Balaban J connectivity index is 1.32. The zero-order valence-electron chi connectivity index (χ0n) is 16.1. The van der Waals surface area contributed by atoms with Gasteiger partial charge in [-0.15, -0.1) is 0 Å². The number of urea groups is 1. The number of hydrogen-bond donors (Lipinski definition) is 0. The fourth-order valence-corrected chi connectivity index (χ4v) is 4.74. The van der Waals surface area contributed by atoms with Crippen molar-refractivity contribution in [3.05, 3.63) is 0 Å². The summed E-state index contributed by atoms with van der Waals surface area (Å²) in [5.74, 6) is 1.80. The van der Waals surface area contributed by atoms with Crippen molar-refractivity contribution in [2.45, 2.75) is 51.0 Å². The van der Waals surface area contributed by atoms with Gasteiger partial charge in [0.1, 0.15) is 0 Å². The topological polar surface area (TPSA) is 36.0 Å². The van der Waals surface area contributed by atoms with Crippen molar-refractivity contribution in [2.24, 2.45) is 17.3 Å². The Kier molecular flexibility index (Phi) is 4.98. The van der Waals surface area contributed by atoms with Crippen LogP contribution in [-0.4, -0.2) is 80.3 Å². The summed E-state index contributed by atoms with van der Waals surface area (Å²) in [4.78, 5) is 18.7. The molecule has 1 atom stereocenters. The van der Waals surface area contributed by atoms with E-state index < -0.39 is 0 Å². The number of hydrogen-bond acceptors (Lipinski definition) is 3. The van der Waals surface area contributed by atoms with Crippen molar-refractivity contribution in [3.8, 4) is 0 Å². The number of likely N-dealkylation sites (tertiary alicyclic amines) is 2. The Morgan fingerprint density at radius 3 is 2.36 bits per heavy atom. The largest absolute Gasteiger partial charge is 0.380 e. The molecule has 4 rings (SSSR count). The smallest absolute Gasteiger partial charge is 0.319 e. The monoisotopic (exact) mass is 349 g/mol. The third kappa shape index (κ3) is 4.30. The van der Waals surface area contributed by atoms with Crippen molar-refractivity contribution < 1.29 is 9.53 Å². The molecule has 0 aromatic heterocycles. The molecular weight excluding hydrogens is 314 g/mol. The second-order valence-corrected chi connectivity index (χ2v) is 9.38. The Hall–Kier alpha value is -0.810. The van der Waals surface area contributed by atoms with E-state index in [2.05, 4.69) is 4.90 Å². The van der Waals surface area contributed by atoms with E-state index in [4.69, 9.17) is 4.74 Å². The van der Waals surface area contributed by atoms with Crippen molar-refractivity contribution in [1.82, 2.24) is 14.7 Å². The number of piperidine rings is 1. The van der Waals surface area contributed by atoms with Crippen molar-refractivity contribution in [1.29, 1.82) is 0 Å². The summed E-state index contributed by atoms with van der Waals surface area (Å²) in [6, 6.07) is 0.780. The predicted molar refractivity (Wildman–Crippen MR) is 98.6 cm³/mol. The molecule has 2 saturated carbocycles. The summed E-state index contributed by atoms with van der Waals surface area (Å²) in [7, 11) is 3.71. The lowest BCUT2D eigenvalue weighted by atomic mass is 9.76. The van der Waals surface area contributed by atoms with Crippen LogP contribution in [0.5, 0.6) is 0 Å². The Morgan fingerprint density at radius 1 is 1.08 bits per heavy atom. The van der Waals surface area contributed by atoms with Gasteiger partial charge in [-0.1, -0.05) is 0 Å². The molecule has 0 bridgehead atoms. The first-order valence-electron chi connectivity index (χ1n) is 10.3. The molecule has 4 aliphatic rings. The van der Waals surface area contributed by atoms with Crippen molar-refractivity contribution in [2.75, 3.05) is 53.5 Å². The molecule has 2 aliphatic carbocycles. The predicted octanol–water partition coefficient (Wildman–Crippen LogP) is 2.66. The normalized spacial score (nSPS) is 29.4. The Bertz CT molecular complexity index is 479. The number of rotatable bonds is 6. The van der Waals surface area contributed by atoms with Gasteiger partial charge in [-0.3, -0.25) is 4.90 Å². The quantitative estimate of drug-likeness (QED) is 0.740. The zero-order chi connectivity index (χ0) is 17.4. The van der Waals surface area contributed by atoms with E-state index >= 15 is 0 Å². The highest BCUT2D eigenvalue weighted by molar-refractivity contribution is 5.73. The van der Waals surface area contributed by atoms with Gasteiger partial charge in [0.2, 0.25) is 0 Å². The number of carbonyl (C=O) groups excluding carboxylic acids is 1. The van der Waals surface area contributed by atoms with Crippen LogP contribution in [0.3, 0.4) is 0 Å². The molecule has 0 aromatic carbocycles. The number of carbonyl (C=O) groups is 1. The van der Waals surface area contributed by atoms with Crippen LogP contribution >= 0.6 is 0 Å². The molecule has 1 spiro atoms. The Labute approximate surface area is 152 Å². The maximum absolute atomic E-state index is 12.2. The lowest BCUT2D eigenvalue weighted by Gasteiger charge is -2.40. The first kappa shape index (κ1) is 17.6. The van der Waals surface area contributed by atoms with E-state index in [-0.39, 0.29) is 6.03 Å². The van der Waals surface area contributed by atoms with Crippen LogP contribution in [0.2, 0.25) is 0 Å². The minimum atomic E-state index is 0.173. The molecule has 2 saturated heterocycles. The lowest BCUT2D eigenvalue weighted by molar-refractivity contribution is 0.0692. The molecule has 2 amide bonds. The van der Waals surface area contributed by atoms with Crippen LogP contribution in [0.1, 0.15) is 44.9 Å². The van der Waals surface area contributed by atoms with Gasteiger partial charge < -0.3 is 14.5 Å². The number of nitrogens with zero attached hydrogens (tertiary/aromatic N) is 3. The van der Waals surface area contributed by atoms with Gasteiger partial charge in [0.15, 0.2) is 0 Å². The standard InChI is InChI=1S/C20H35N3O2/c1-21(2)19(24)22-9-7-20(8-10-22)11-18(14-25-13-17-5-6-17)23(15-20)12-16-3-4-16/h16-18H,3-15H2,1-2H3/t18-/m0/s1. The molecule has 5 heteroatoms. The molecular formula is C20H35N3O2. The number of ether oxygens (including phenoxy) is 1. The summed E-state index contributed by atoms with van der Waals surface area (Å²) in [5.41, 5.74) is 0.422. The third-order valence-electron chi connectivity index (χ3n) is 6.75. The lowest BCUT2D eigenvalue weighted by Crippen LogP contribution is -2.47. The van der Waals surface area contributed by atoms with Crippen LogP contribution in [0.25, 0.3) is 0 Å². The van der Waals surface area contributed by atoms with Gasteiger partial charge in [-0.2, -0.15) is 0 Å². The van der Waals surface area contributed by atoms with E-state index in [0.717, 1.165) is 51.0 Å².